The number of hydrogen-bond donors (Lipinski definition) is 1. The Kier molecular flexibility index (Phi) is 10.4. The molecule has 0 atom stereocenters. The molecule has 20 heavy (non-hydrogen) atoms. The second-order valence-corrected chi connectivity index (χ2v) is 6.68. The highest BCUT2D eigenvalue weighted by Gasteiger charge is 2.05. The van der Waals surface area contributed by atoms with Gasteiger partial charge in [-0.25, -0.2) is 0 Å². The maximum Gasteiger partial charge on any atom is 0.246 e. The zero-order valence-electron chi connectivity index (χ0n) is 14.0. The van der Waals surface area contributed by atoms with Gasteiger partial charge in [0, 0.05) is 12.1 Å². The Morgan fingerprint density at radius 1 is 1.05 bits per heavy atom. The van der Waals surface area contributed by atoms with Gasteiger partial charge in [0.1, 0.15) is 0 Å². The summed E-state index contributed by atoms with van der Waals surface area (Å²) < 4.78 is 1.05. The fourth-order valence-electron chi connectivity index (χ4n) is 1.92. The van der Waals surface area contributed by atoms with Gasteiger partial charge in [0.25, 0.3) is 0 Å². The maximum absolute atomic E-state index is 11.2. The number of unbranched alkanes of at least 4 members (excludes halogenated alkanes) is 7. The number of nitrogens with one attached hydrogen (secondary N) is 1. The van der Waals surface area contributed by atoms with E-state index in [0.29, 0.717) is 5.57 Å². The first-order valence-corrected chi connectivity index (χ1v) is 7.89. The zero-order chi connectivity index (χ0) is 15.4. The van der Waals surface area contributed by atoms with Gasteiger partial charge in [-0.05, 0) is 32.6 Å². The second kappa shape index (κ2) is 10.9. The van der Waals surface area contributed by atoms with Crippen LogP contribution in [-0.2, 0) is 4.79 Å². The number of hydrogen-bond acceptors (Lipinski definition) is 1. The highest BCUT2D eigenvalue weighted by Crippen LogP contribution is 2.08. The molecule has 0 aliphatic carbocycles. The van der Waals surface area contributed by atoms with Crippen LogP contribution < -0.4 is 5.32 Å². The van der Waals surface area contributed by atoms with Crippen molar-refractivity contribution in [2.75, 3.05) is 34.2 Å². The topological polar surface area (TPSA) is 29.1 Å². The van der Waals surface area contributed by atoms with E-state index in [1.54, 1.807) is 6.92 Å². The first-order valence-electron chi connectivity index (χ1n) is 7.89. The van der Waals surface area contributed by atoms with Crippen LogP contribution in [0.4, 0.5) is 0 Å². The molecule has 0 spiro atoms. The van der Waals surface area contributed by atoms with Crippen LogP contribution in [0.15, 0.2) is 12.2 Å². The van der Waals surface area contributed by atoms with Gasteiger partial charge in [0.2, 0.25) is 5.91 Å². The molecule has 117 valence electrons. The Morgan fingerprint density at radius 3 is 2.25 bits per heavy atom. The molecule has 1 radical (unpaired) electrons. The van der Waals surface area contributed by atoms with Crippen molar-refractivity contribution >= 4 is 5.91 Å². The van der Waals surface area contributed by atoms with Crippen molar-refractivity contribution in [3.8, 4) is 0 Å². The summed E-state index contributed by atoms with van der Waals surface area (Å²) in [6.45, 7) is 7.36. The van der Waals surface area contributed by atoms with E-state index in [9.17, 15) is 4.79 Å². The van der Waals surface area contributed by atoms with E-state index >= 15 is 0 Å². The number of carbonyl (C=O) groups excluding carboxylic acids is 1. The molecule has 0 saturated carbocycles. The molecule has 0 heterocycles. The summed E-state index contributed by atoms with van der Waals surface area (Å²) in [6, 6.07) is 0. The molecule has 0 aliphatic heterocycles. The molecule has 1 N–H and O–H groups in total. The van der Waals surface area contributed by atoms with Crippen LogP contribution in [0.5, 0.6) is 0 Å². The number of nitrogens with zero attached hydrogens (tertiary/aromatic N) is 1. The minimum atomic E-state index is -0.0168. The van der Waals surface area contributed by atoms with Crippen molar-refractivity contribution in [2.45, 2.75) is 51.9 Å². The van der Waals surface area contributed by atoms with E-state index in [0.717, 1.165) is 17.4 Å². The molecule has 0 fully saturated rings. The van der Waals surface area contributed by atoms with Crippen LogP contribution in [-0.4, -0.2) is 44.6 Å². The highest BCUT2D eigenvalue weighted by molar-refractivity contribution is 5.91. The van der Waals surface area contributed by atoms with Crippen molar-refractivity contribution in [2.24, 2.45) is 0 Å². The van der Waals surface area contributed by atoms with Gasteiger partial charge in [-0.15, -0.1) is 0 Å². The molecule has 0 aromatic heterocycles. The smallest absolute Gasteiger partial charge is 0.246 e. The molecule has 0 bridgehead atoms. The first-order chi connectivity index (χ1) is 9.33. The summed E-state index contributed by atoms with van der Waals surface area (Å²) in [7, 11) is 6.71. The van der Waals surface area contributed by atoms with Crippen molar-refractivity contribution in [3.05, 3.63) is 18.6 Å². The van der Waals surface area contributed by atoms with Crippen molar-refractivity contribution < 1.29 is 9.28 Å². The quantitative estimate of drug-likeness (QED) is 0.332. The lowest BCUT2D eigenvalue weighted by molar-refractivity contribution is -0.870. The predicted molar refractivity (Wildman–Crippen MR) is 87.3 cm³/mol. The summed E-state index contributed by atoms with van der Waals surface area (Å²) in [4.78, 5) is 11.2. The predicted octanol–water partition coefficient (Wildman–Crippen LogP) is 3.32. The van der Waals surface area contributed by atoms with E-state index in [2.05, 4.69) is 39.5 Å². The Balaban J connectivity index is 3.18. The van der Waals surface area contributed by atoms with Gasteiger partial charge in [-0.1, -0.05) is 32.3 Å². The van der Waals surface area contributed by atoms with E-state index in [1.165, 1.54) is 45.1 Å². The maximum atomic E-state index is 11.2. The monoisotopic (exact) mass is 282 g/mol. The summed E-state index contributed by atoms with van der Waals surface area (Å²) in [5.74, 6) is -0.0168. The molecular formula is C17H34N2O+. The van der Waals surface area contributed by atoms with Crippen LogP contribution in [0.2, 0.25) is 0 Å². The van der Waals surface area contributed by atoms with Crippen LogP contribution in [0, 0.1) is 6.42 Å². The lowest BCUT2D eigenvalue weighted by Gasteiger charge is -2.23. The molecule has 0 rings (SSSR count). The van der Waals surface area contributed by atoms with Crippen LogP contribution in [0.25, 0.3) is 0 Å². The molecule has 1 amide bonds. The fraction of sp³-hybridized carbons (Fsp3) is 0.765. The lowest BCUT2D eigenvalue weighted by Crippen LogP contribution is -2.35. The van der Waals surface area contributed by atoms with E-state index in [4.69, 9.17) is 0 Å². The van der Waals surface area contributed by atoms with Gasteiger partial charge in [-0.3, -0.25) is 4.79 Å². The van der Waals surface area contributed by atoms with Gasteiger partial charge in [-0.2, -0.15) is 0 Å². The van der Waals surface area contributed by atoms with Crippen LogP contribution >= 0.6 is 0 Å². The minimum Gasteiger partial charge on any atom is -0.352 e. The highest BCUT2D eigenvalue weighted by atomic mass is 16.1. The number of rotatable bonds is 12. The Labute approximate surface area is 126 Å². The van der Waals surface area contributed by atoms with Crippen molar-refractivity contribution in [1.82, 2.24) is 5.32 Å². The van der Waals surface area contributed by atoms with Gasteiger partial charge < -0.3 is 9.80 Å². The third-order valence-electron chi connectivity index (χ3n) is 3.26. The second-order valence-electron chi connectivity index (χ2n) is 6.68. The van der Waals surface area contributed by atoms with Crippen LogP contribution in [0.1, 0.15) is 51.9 Å². The summed E-state index contributed by atoms with van der Waals surface area (Å²) in [5, 5.41) is 2.87. The largest absolute Gasteiger partial charge is 0.352 e. The third-order valence-corrected chi connectivity index (χ3v) is 3.26. The molecule has 0 aromatic rings. The zero-order valence-corrected chi connectivity index (χ0v) is 14.0. The van der Waals surface area contributed by atoms with E-state index < -0.39 is 0 Å². The summed E-state index contributed by atoms with van der Waals surface area (Å²) in [6.07, 6.45) is 11.0. The Bertz CT molecular complexity index is 279. The average molecular weight is 282 g/mol. The molecular weight excluding hydrogens is 248 g/mol. The Hall–Kier alpha value is -0.830. The number of carbonyl (C=O) groups is 1. The van der Waals surface area contributed by atoms with Gasteiger partial charge >= 0.3 is 0 Å². The van der Waals surface area contributed by atoms with Crippen molar-refractivity contribution in [1.29, 1.82) is 0 Å². The van der Waals surface area contributed by atoms with E-state index in [1.807, 2.05) is 0 Å². The Morgan fingerprint density at radius 2 is 1.65 bits per heavy atom. The minimum absolute atomic E-state index is 0.0168. The fourth-order valence-corrected chi connectivity index (χ4v) is 1.92. The first kappa shape index (κ1) is 19.2. The molecule has 0 aromatic carbocycles. The number of quaternary nitrogens is 1. The molecule has 0 saturated heterocycles. The summed E-state index contributed by atoms with van der Waals surface area (Å²) in [5.41, 5.74) is 0.592. The average Bonchev–Trinajstić information content (AvgIpc) is 2.34. The van der Waals surface area contributed by atoms with Gasteiger partial charge in [0.15, 0.2) is 0 Å². The molecule has 3 nitrogen and oxygen atoms in total. The van der Waals surface area contributed by atoms with Crippen LogP contribution in [0.3, 0.4) is 0 Å². The molecule has 0 unspecified atom stereocenters. The third kappa shape index (κ3) is 13.6. The normalized spacial score (nSPS) is 11.4. The lowest BCUT2D eigenvalue weighted by atomic mass is 10.1. The molecule has 3 heteroatoms. The SMILES string of the molecule is C=C(C)C(=O)NCCCCCCC[CH]CC[N+](C)(C)C. The van der Waals surface area contributed by atoms with Gasteiger partial charge in [0.05, 0.1) is 27.7 Å². The number of amides is 1. The standard InChI is InChI=1S/C17H33N2O/c1-16(2)17(20)18-14-12-10-8-6-7-9-11-13-15-19(3,4)5/h11H,1,6-10,12-15H2,2-5H3/p+1. The molecule has 0 aliphatic rings. The van der Waals surface area contributed by atoms with Crippen molar-refractivity contribution in [3.63, 3.8) is 0 Å². The summed E-state index contributed by atoms with van der Waals surface area (Å²) >= 11 is 0. The van der Waals surface area contributed by atoms with E-state index in [-0.39, 0.29) is 5.91 Å².